The van der Waals surface area contributed by atoms with Crippen molar-refractivity contribution in [3.8, 4) is 5.82 Å². The number of carbonyl (C=O) groups excluding carboxylic acids is 1. The van der Waals surface area contributed by atoms with Crippen molar-refractivity contribution >= 4 is 5.91 Å². The first-order valence-corrected chi connectivity index (χ1v) is 8.34. The zero-order chi connectivity index (χ0) is 19.4. The fourth-order valence-corrected chi connectivity index (χ4v) is 2.90. The maximum atomic E-state index is 13.8. The first-order chi connectivity index (χ1) is 13.0. The van der Waals surface area contributed by atoms with Crippen LogP contribution in [-0.2, 0) is 24.1 Å². The van der Waals surface area contributed by atoms with Crippen LogP contribution in [0.15, 0.2) is 42.7 Å². The second kappa shape index (κ2) is 8.05. The molecular formula is C19H18F2N4O2. The average Bonchev–Trinajstić information content (AvgIpc) is 3.06. The number of nitrogens with zero attached hydrogens (tertiary/aromatic N) is 3. The Hall–Kier alpha value is -3.13. The number of benzene rings is 1. The number of pyridine rings is 1. The van der Waals surface area contributed by atoms with Crippen LogP contribution in [0.4, 0.5) is 8.78 Å². The normalized spacial score (nSPS) is 10.8. The molecule has 0 bridgehead atoms. The number of aromatic nitrogens is 3. The number of hydroxylamine groups is 1. The van der Waals surface area contributed by atoms with Gasteiger partial charge in [0, 0.05) is 5.56 Å². The molecule has 0 saturated heterocycles. The Labute approximate surface area is 154 Å². The SMILES string of the molecule is Cc1c(F)cccc1CCc1c(CC(=O)NO)cnn1-c1ccc(F)cn1. The Morgan fingerprint density at radius 3 is 2.67 bits per heavy atom. The molecule has 3 aromatic rings. The summed E-state index contributed by atoms with van der Waals surface area (Å²) in [6.07, 6.45) is 3.49. The lowest BCUT2D eigenvalue weighted by Crippen LogP contribution is -2.21. The van der Waals surface area contributed by atoms with Crippen molar-refractivity contribution in [3.63, 3.8) is 0 Å². The van der Waals surface area contributed by atoms with Crippen LogP contribution < -0.4 is 5.48 Å². The lowest BCUT2D eigenvalue weighted by molar-refractivity contribution is -0.128. The van der Waals surface area contributed by atoms with E-state index in [0.717, 1.165) is 11.8 Å². The van der Waals surface area contributed by atoms with Crippen molar-refractivity contribution in [1.82, 2.24) is 20.2 Å². The van der Waals surface area contributed by atoms with Crippen molar-refractivity contribution in [1.29, 1.82) is 0 Å². The summed E-state index contributed by atoms with van der Waals surface area (Å²) in [6, 6.07) is 7.65. The first-order valence-electron chi connectivity index (χ1n) is 8.34. The topological polar surface area (TPSA) is 80.0 Å². The molecular weight excluding hydrogens is 354 g/mol. The zero-order valence-corrected chi connectivity index (χ0v) is 14.6. The summed E-state index contributed by atoms with van der Waals surface area (Å²) in [5.74, 6) is -0.924. The highest BCUT2D eigenvalue weighted by atomic mass is 19.1. The molecule has 1 aromatic carbocycles. The van der Waals surface area contributed by atoms with Crippen LogP contribution in [0.3, 0.4) is 0 Å². The number of amides is 1. The van der Waals surface area contributed by atoms with Gasteiger partial charge >= 0.3 is 0 Å². The molecule has 8 heteroatoms. The lowest BCUT2D eigenvalue weighted by Gasteiger charge is -2.11. The molecule has 3 rings (SSSR count). The third-order valence-corrected chi connectivity index (χ3v) is 4.37. The summed E-state index contributed by atoms with van der Waals surface area (Å²) in [5.41, 5.74) is 4.29. The summed E-state index contributed by atoms with van der Waals surface area (Å²) in [7, 11) is 0. The van der Waals surface area contributed by atoms with Gasteiger partial charge in [0.2, 0.25) is 5.91 Å². The molecule has 0 unspecified atom stereocenters. The van der Waals surface area contributed by atoms with Crippen molar-refractivity contribution in [3.05, 3.63) is 76.7 Å². The highest BCUT2D eigenvalue weighted by Gasteiger charge is 2.16. The van der Waals surface area contributed by atoms with Crippen LogP contribution in [0.5, 0.6) is 0 Å². The van der Waals surface area contributed by atoms with E-state index in [1.807, 2.05) is 6.07 Å². The lowest BCUT2D eigenvalue weighted by atomic mass is 10.0. The highest BCUT2D eigenvalue weighted by Crippen LogP contribution is 2.19. The highest BCUT2D eigenvalue weighted by molar-refractivity contribution is 5.77. The molecule has 0 saturated carbocycles. The minimum absolute atomic E-state index is 0.0742. The van der Waals surface area contributed by atoms with E-state index in [1.165, 1.54) is 29.1 Å². The van der Waals surface area contributed by atoms with Gasteiger partial charge in [0.05, 0.1) is 24.5 Å². The summed E-state index contributed by atoms with van der Waals surface area (Å²) >= 11 is 0. The molecule has 0 radical (unpaired) electrons. The maximum Gasteiger partial charge on any atom is 0.247 e. The third kappa shape index (κ3) is 4.17. The summed E-state index contributed by atoms with van der Waals surface area (Å²) in [5, 5.41) is 13.0. The second-order valence-corrected chi connectivity index (χ2v) is 6.10. The number of rotatable bonds is 6. The molecule has 6 nitrogen and oxygen atoms in total. The van der Waals surface area contributed by atoms with Gasteiger partial charge in [0.25, 0.3) is 0 Å². The quantitative estimate of drug-likeness (QED) is 0.515. The molecule has 0 fully saturated rings. The Kier molecular flexibility index (Phi) is 5.56. The van der Waals surface area contributed by atoms with E-state index in [2.05, 4.69) is 10.1 Å². The molecule has 0 atom stereocenters. The molecule has 0 spiro atoms. The van der Waals surface area contributed by atoms with Crippen molar-refractivity contribution in [2.45, 2.75) is 26.2 Å². The van der Waals surface area contributed by atoms with Crippen LogP contribution in [0.1, 0.15) is 22.4 Å². The third-order valence-electron chi connectivity index (χ3n) is 4.37. The van der Waals surface area contributed by atoms with Gasteiger partial charge in [-0.15, -0.1) is 0 Å². The Balaban J connectivity index is 1.94. The largest absolute Gasteiger partial charge is 0.289 e. The minimum Gasteiger partial charge on any atom is -0.289 e. The van der Waals surface area contributed by atoms with Crippen LogP contribution in [0.25, 0.3) is 5.82 Å². The summed E-state index contributed by atoms with van der Waals surface area (Å²) in [6.45, 7) is 1.71. The monoisotopic (exact) mass is 372 g/mol. The van der Waals surface area contributed by atoms with E-state index >= 15 is 0 Å². The van der Waals surface area contributed by atoms with E-state index in [4.69, 9.17) is 5.21 Å². The molecule has 2 N–H and O–H groups in total. The number of nitrogens with one attached hydrogen (secondary N) is 1. The van der Waals surface area contributed by atoms with Gasteiger partial charge < -0.3 is 0 Å². The van der Waals surface area contributed by atoms with Gasteiger partial charge in [-0.25, -0.2) is 23.9 Å². The Bertz CT molecular complexity index is 955. The first kappa shape index (κ1) is 18.7. The fraction of sp³-hybridized carbons (Fsp3) is 0.211. The molecule has 0 aliphatic rings. The van der Waals surface area contributed by atoms with Crippen molar-refractivity contribution in [2.24, 2.45) is 0 Å². The van der Waals surface area contributed by atoms with E-state index in [0.29, 0.717) is 35.5 Å². The summed E-state index contributed by atoms with van der Waals surface area (Å²) in [4.78, 5) is 15.6. The van der Waals surface area contributed by atoms with E-state index in [1.54, 1.807) is 18.5 Å². The van der Waals surface area contributed by atoms with Crippen molar-refractivity contribution in [2.75, 3.05) is 0 Å². The van der Waals surface area contributed by atoms with Crippen LogP contribution >= 0.6 is 0 Å². The van der Waals surface area contributed by atoms with Gasteiger partial charge in [-0.05, 0) is 49.1 Å². The van der Waals surface area contributed by atoms with E-state index in [-0.39, 0.29) is 12.2 Å². The summed E-state index contributed by atoms with van der Waals surface area (Å²) < 4.78 is 28.5. The molecule has 2 aromatic heterocycles. The standard InChI is InChI=1S/C19H18F2N4O2/c1-12-13(3-2-4-16(12)21)5-7-17-14(9-19(26)24-27)10-23-25(17)18-8-6-15(20)11-22-18/h2-4,6,8,10-11,27H,5,7,9H2,1H3,(H,24,26). The maximum absolute atomic E-state index is 13.8. The minimum atomic E-state index is -0.579. The van der Waals surface area contributed by atoms with Crippen LogP contribution in [0, 0.1) is 18.6 Å². The Morgan fingerprint density at radius 1 is 1.15 bits per heavy atom. The number of hydrogen-bond acceptors (Lipinski definition) is 4. The molecule has 27 heavy (non-hydrogen) atoms. The van der Waals surface area contributed by atoms with E-state index < -0.39 is 11.7 Å². The van der Waals surface area contributed by atoms with Crippen molar-refractivity contribution < 1.29 is 18.8 Å². The number of carbonyl (C=O) groups is 1. The van der Waals surface area contributed by atoms with Gasteiger partial charge in [-0.3, -0.25) is 10.0 Å². The average molecular weight is 372 g/mol. The van der Waals surface area contributed by atoms with E-state index in [9.17, 15) is 13.6 Å². The molecule has 0 aliphatic carbocycles. The smallest absolute Gasteiger partial charge is 0.247 e. The molecule has 140 valence electrons. The molecule has 2 heterocycles. The molecule has 1 amide bonds. The van der Waals surface area contributed by atoms with Gasteiger partial charge in [-0.1, -0.05) is 12.1 Å². The number of aryl methyl sites for hydroxylation is 1. The zero-order valence-electron chi connectivity index (χ0n) is 14.6. The van der Waals surface area contributed by atoms with Crippen LogP contribution in [0.2, 0.25) is 0 Å². The predicted molar refractivity (Wildman–Crippen MR) is 93.5 cm³/mol. The fourth-order valence-electron chi connectivity index (χ4n) is 2.90. The van der Waals surface area contributed by atoms with Gasteiger partial charge in [0.15, 0.2) is 5.82 Å². The van der Waals surface area contributed by atoms with Crippen LogP contribution in [-0.4, -0.2) is 25.9 Å². The predicted octanol–water partition coefficient (Wildman–Crippen LogP) is 2.69. The van der Waals surface area contributed by atoms with Gasteiger partial charge in [0.1, 0.15) is 11.6 Å². The van der Waals surface area contributed by atoms with Gasteiger partial charge in [-0.2, -0.15) is 5.10 Å². The molecule has 0 aliphatic heterocycles. The number of hydrogen-bond donors (Lipinski definition) is 2. The Morgan fingerprint density at radius 2 is 1.96 bits per heavy atom. The number of halogens is 2. The second-order valence-electron chi connectivity index (χ2n) is 6.10.